The van der Waals surface area contributed by atoms with Crippen LogP contribution < -0.4 is 10.2 Å². The van der Waals surface area contributed by atoms with Gasteiger partial charge in [0.1, 0.15) is 5.75 Å². The first-order valence-electron chi connectivity index (χ1n) is 8.40. The first-order valence-corrected chi connectivity index (χ1v) is 9.22. The number of phenolic OH excluding ortho intramolecular Hbond substituents is 1. The average molecular weight is 353 g/mol. The number of anilines is 2. The van der Waals surface area contributed by atoms with Crippen molar-refractivity contribution < 1.29 is 9.90 Å². The summed E-state index contributed by atoms with van der Waals surface area (Å²) >= 11 is 1.70. The van der Waals surface area contributed by atoms with Gasteiger partial charge in [0.2, 0.25) is 5.91 Å². The molecule has 0 bridgehead atoms. The number of piperidine rings is 1. The van der Waals surface area contributed by atoms with Gasteiger partial charge in [-0.1, -0.05) is 35.6 Å². The molecule has 1 saturated heterocycles. The number of carbonyl (C=O) groups is 1. The van der Waals surface area contributed by atoms with Gasteiger partial charge in [-0.15, -0.1) is 0 Å². The maximum Gasteiger partial charge on any atom is 0.227 e. The molecule has 0 aliphatic carbocycles. The minimum Gasteiger partial charge on any atom is -0.506 e. The third-order valence-electron chi connectivity index (χ3n) is 4.58. The number of nitrogens with zero attached hydrogens (tertiary/aromatic N) is 2. The summed E-state index contributed by atoms with van der Waals surface area (Å²) < 4.78 is 1.19. The van der Waals surface area contributed by atoms with E-state index in [0.717, 1.165) is 36.6 Å². The van der Waals surface area contributed by atoms with Gasteiger partial charge in [-0.2, -0.15) is 0 Å². The van der Waals surface area contributed by atoms with Crippen molar-refractivity contribution in [3.8, 4) is 5.75 Å². The first kappa shape index (κ1) is 15.9. The molecule has 1 fully saturated rings. The van der Waals surface area contributed by atoms with Gasteiger partial charge in [0, 0.05) is 19.0 Å². The summed E-state index contributed by atoms with van der Waals surface area (Å²) in [5.74, 6) is 0.0402. The van der Waals surface area contributed by atoms with E-state index in [4.69, 9.17) is 4.98 Å². The van der Waals surface area contributed by atoms with Crippen molar-refractivity contribution in [2.75, 3.05) is 23.3 Å². The Labute approximate surface area is 149 Å². The van der Waals surface area contributed by atoms with Crippen LogP contribution in [0.1, 0.15) is 12.8 Å². The smallest absolute Gasteiger partial charge is 0.227 e. The molecule has 2 heterocycles. The highest BCUT2D eigenvalue weighted by Crippen LogP contribution is 2.32. The monoisotopic (exact) mass is 353 g/mol. The molecule has 128 valence electrons. The molecule has 2 aromatic carbocycles. The molecule has 6 heteroatoms. The standard InChI is InChI=1S/C19H19N3O2S/c23-16-7-3-1-5-14(16)20-18(24)13-9-11-22(12-10-13)19-21-15-6-2-4-8-17(15)25-19/h1-8,13,23H,9-12H2,(H,20,24). The van der Waals surface area contributed by atoms with Crippen LogP contribution >= 0.6 is 11.3 Å². The number of rotatable bonds is 3. The second kappa shape index (κ2) is 6.72. The molecule has 4 rings (SSSR count). The molecule has 0 atom stereocenters. The highest BCUT2D eigenvalue weighted by Gasteiger charge is 2.26. The van der Waals surface area contributed by atoms with Crippen LogP contribution in [0.4, 0.5) is 10.8 Å². The molecule has 1 aliphatic heterocycles. The second-order valence-corrected chi connectivity index (χ2v) is 7.24. The van der Waals surface area contributed by atoms with Gasteiger partial charge in [-0.05, 0) is 37.1 Å². The third kappa shape index (κ3) is 3.30. The zero-order valence-electron chi connectivity index (χ0n) is 13.7. The van der Waals surface area contributed by atoms with Crippen molar-refractivity contribution >= 4 is 38.3 Å². The van der Waals surface area contributed by atoms with E-state index in [2.05, 4.69) is 16.3 Å². The fourth-order valence-corrected chi connectivity index (χ4v) is 4.16. The number of para-hydroxylation sites is 3. The molecule has 0 saturated carbocycles. The highest BCUT2D eigenvalue weighted by atomic mass is 32.1. The summed E-state index contributed by atoms with van der Waals surface area (Å²) in [7, 11) is 0. The van der Waals surface area contributed by atoms with Crippen LogP contribution in [0.2, 0.25) is 0 Å². The van der Waals surface area contributed by atoms with Crippen LogP contribution in [0, 0.1) is 5.92 Å². The van der Waals surface area contributed by atoms with E-state index in [9.17, 15) is 9.90 Å². The van der Waals surface area contributed by atoms with Crippen LogP contribution in [-0.4, -0.2) is 29.1 Å². The fourth-order valence-electron chi connectivity index (χ4n) is 3.14. The van der Waals surface area contributed by atoms with E-state index >= 15 is 0 Å². The topological polar surface area (TPSA) is 65.5 Å². The van der Waals surface area contributed by atoms with Crippen molar-refractivity contribution in [3.05, 3.63) is 48.5 Å². The Hall–Kier alpha value is -2.60. The van der Waals surface area contributed by atoms with E-state index in [0.29, 0.717) is 5.69 Å². The second-order valence-electron chi connectivity index (χ2n) is 6.23. The Balaban J connectivity index is 1.39. The SMILES string of the molecule is O=C(Nc1ccccc1O)C1CCN(c2nc3ccccc3s2)CC1. The number of hydrogen-bond donors (Lipinski definition) is 2. The lowest BCUT2D eigenvalue weighted by molar-refractivity contribution is -0.120. The van der Waals surface area contributed by atoms with Gasteiger partial charge < -0.3 is 15.3 Å². The zero-order chi connectivity index (χ0) is 17.2. The fraction of sp³-hybridized carbons (Fsp3) is 0.263. The van der Waals surface area contributed by atoms with Crippen LogP contribution in [0.5, 0.6) is 5.75 Å². The molecule has 25 heavy (non-hydrogen) atoms. The lowest BCUT2D eigenvalue weighted by Gasteiger charge is -2.31. The van der Waals surface area contributed by atoms with Crippen LogP contribution in [0.25, 0.3) is 10.2 Å². The molecule has 5 nitrogen and oxygen atoms in total. The maximum absolute atomic E-state index is 12.5. The van der Waals surface area contributed by atoms with Crippen molar-refractivity contribution in [3.63, 3.8) is 0 Å². The number of nitrogens with one attached hydrogen (secondary N) is 1. The zero-order valence-corrected chi connectivity index (χ0v) is 14.5. The quantitative estimate of drug-likeness (QED) is 0.702. The Morgan fingerprint density at radius 1 is 1.12 bits per heavy atom. The number of fused-ring (bicyclic) bond motifs is 1. The van der Waals surface area contributed by atoms with E-state index < -0.39 is 0 Å². The summed E-state index contributed by atoms with van der Waals surface area (Å²) in [5.41, 5.74) is 1.50. The van der Waals surface area contributed by atoms with Gasteiger partial charge in [-0.3, -0.25) is 4.79 Å². The van der Waals surface area contributed by atoms with Crippen molar-refractivity contribution in [1.82, 2.24) is 4.98 Å². The Morgan fingerprint density at radius 2 is 1.84 bits per heavy atom. The first-order chi connectivity index (χ1) is 12.2. The molecule has 0 unspecified atom stereocenters. The number of amides is 1. The molecule has 1 aromatic heterocycles. The predicted octanol–water partition coefficient (Wildman–Crippen LogP) is 3.86. The van der Waals surface area contributed by atoms with Crippen LogP contribution in [-0.2, 0) is 4.79 Å². The van der Waals surface area contributed by atoms with Gasteiger partial charge in [-0.25, -0.2) is 4.98 Å². The minimum atomic E-state index is -0.0368. The molecule has 0 radical (unpaired) electrons. The van der Waals surface area contributed by atoms with Crippen molar-refractivity contribution in [2.45, 2.75) is 12.8 Å². The minimum absolute atomic E-state index is 0.0227. The molecule has 1 aliphatic rings. The summed E-state index contributed by atoms with van der Waals surface area (Å²) in [6, 6.07) is 15.0. The maximum atomic E-state index is 12.5. The van der Waals surface area contributed by atoms with Crippen molar-refractivity contribution in [2.24, 2.45) is 5.92 Å². The van der Waals surface area contributed by atoms with Gasteiger partial charge in [0.15, 0.2) is 5.13 Å². The van der Waals surface area contributed by atoms with Gasteiger partial charge >= 0.3 is 0 Å². The molecule has 3 aromatic rings. The Kier molecular flexibility index (Phi) is 4.28. The number of hydrogen-bond acceptors (Lipinski definition) is 5. The number of aromatic nitrogens is 1. The number of phenols is 1. The summed E-state index contributed by atoms with van der Waals surface area (Å²) in [4.78, 5) is 19.4. The Bertz CT molecular complexity index is 867. The predicted molar refractivity (Wildman–Crippen MR) is 101 cm³/mol. The summed E-state index contributed by atoms with van der Waals surface area (Å²) in [6.45, 7) is 1.64. The summed E-state index contributed by atoms with van der Waals surface area (Å²) in [6.07, 6.45) is 1.57. The summed E-state index contributed by atoms with van der Waals surface area (Å²) in [5, 5.41) is 13.7. The van der Waals surface area contributed by atoms with E-state index in [1.165, 1.54) is 4.70 Å². The molecular weight excluding hydrogens is 334 g/mol. The molecule has 0 spiro atoms. The van der Waals surface area contributed by atoms with Crippen LogP contribution in [0.3, 0.4) is 0 Å². The molecular formula is C19H19N3O2S. The van der Waals surface area contributed by atoms with Gasteiger partial charge in [0.05, 0.1) is 15.9 Å². The molecule has 2 N–H and O–H groups in total. The number of carbonyl (C=O) groups excluding carboxylic acids is 1. The van der Waals surface area contributed by atoms with E-state index in [-0.39, 0.29) is 17.6 Å². The lowest BCUT2D eigenvalue weighted by atomic mass is 9.96. The van der Waals surface area contributed by atoms with E-state index in [1.54, 1.807) is 35.6 Å². The van der Waals surface area contributed by atoms with E-state index in [1.807, 2.05) is 18.2 Å². The highest BCUT2D eigenvalue weighted by molar-refractivity contribution is 7.22. The van der Waals surface area contributed by atoms with Gasteiger partial charge in [0.25, 0.3) is 0 Å². The lowest BCUT2D eigenvalue weighted by Crippen LogP contribution is -2.38. The third-order valence-corrected chi connectivity index (χ3v) is 5.68. The number of benzene rings is 2. The van der Waals surface area contributed by atoms with Crippen LogP contribution in [0.15, 0.2) is 48.5 Å². The number of aromatic hydroxyl groups is 1. The average Bonchev–Trinajstić information content (AvgIpc) is 3.08. The van der Waals surface area contributed by atoms with Crippen molar-refractivity contribution in [1.29, 1.82) is 0 Å². The number of thiazole rings is 1. The normalized spacial score (nSPS) is 15.4. The molecule has 1 amide bonds. The Morgan fingerprint density at radius 3 is 2.60 bits per heavy atom. The largest absolute Gasteiger partial charge is 0.506 e.